The Bertz CT molecular complexity index is 430. The molecule has 1 aromatic rings. The van der Waals surface area contributed by atoms with E-state index in [1.54, 1.807) is 6.92 Å². The monoisotopic (exact) mass is 266 g/mol. The second-order valence-corrected chi connectivity index (χ2v) is 5.54. The van der Waals surface area contributed by atoms with Crippen molar-refractivity contribution in [3.05, 3.63) is 11.4 Å². The van der Waals surface area contributed by atoms with E-state index in [0.717, 1.165) is 30.2 Å². The smallest absolute Gasteiger partial charge is 0.135 e. The predicted molar refractivity (Wildman–Crippen MR) is 79.7 cm³/mol. The Morgan fingerprint density at radius 3 is 2.32 bits per heavy atom. The van der Waals surface area contributed by atoms with Crippen LogP contribution in [0.2, 0.25) is 0 Å². The van der Waals surface area contributed by atoms with Crippen molar-refractivity contribution in [2.75, 3.05) is 17.2 Å². The molecule has 0 saturated heterocycles. The molecule has 1 atom stereocenters. The van der Waals surface area contributed by atoms with Crippen LogP contribution in [0.5, 0.6) is 0 Å². The van der Waals surface area contributed by atoms with Gasteiger partial charge in [-0.15, -0.1) is 0 Å². The molecule has 0 aliphatic heterocycles. The van der Waals surface area contributed by atoms with E-state index < -0.39 is 11.6 Å². The van der Waals surface area contributed by atoms with E-state index >= 15 is 0 Å². The third-order valence-electron chi connectivity index (χ3n) is 3.29. The molecule has 0 aromatic carbocycles. The molecule has 3 N–H and O–H groups in total. The number of rotatable bonds is 6. The standard InChI is InChI=1S/C14H26N4O/c1-7-8-15-12-9(2)13(17-11(4)16-12)18-14(5,6)10(3)19/h10,19H,7-8H2,1-6H3,(H2,15,16,17,18). The lowest BCUT2D eigenvalue weighted by atomic mass is 9.98. The lowest BCUT2D eigenvalue weighted by Crippen LogP contribution is -2.42. The van der Waals surface area contributed by atoms with Crippen molar-refractivity contribution in [3.63, 3.8) is 0 Å². The minimum absolute atomic E-state index is 0.437. The van der Waals surface area contributed by atoms with E-state index in [-0.39, 0.29) is 0 Å². The number of aliphatic hydroxyl groups is 1. The summed E-state index contributed by atoms with van der Waals surface area (Å²) in [5.74, 6) is 2.35. The van der Waals surface area contributed by atoms with Crippen molar-refractivity contribution in [3.8, 4) is 0 Å². The largest absolute Gasteiger partial charge is 0.391 e. The summed E-state index contributed by atoms with van der Waals surface area (Å²) < 4.78 is 0. The number of nitrogens with one attached hydrogen (secondary N) is 2. The van der Waals surface area contributed by atoms with Crippen LogP contribution in [0.25, 0.3) is 0 Å². The van der Waals surface area contributed by atoms with Gasteiger partial charge in [0.05, 0.1) is 11.6 Å². The first kappa shape index (κ1) is 15.7. The Morgan fingerprint density at radius 2 is 1.79 bits per heavy atom. The zero-order valence-electron chi connectivity index (χ0n) is 12.8. The summed E-state index contributed by atoms with van der Waals surface area (Å²) in [6.45, 7) is 12.5. The van der Waals surface area contributed by atoms with E-state index in [0.29, 0.717) is 5.82 Å². The molecule has 0 radical (unpaired) electrons. The highest BCUT2D eigenvalue weighted by molar-refractivity contribution is 5.58. The predicted octanol–water partition coefficient (Wildman–Crippen LogP) is 2.49. The number of hydrogen-bond donors (Lipinski definition) is 3. The Balaban J connectivity index is 3.04. The van der Waals surface area contributed by atoms with Gasteiger partial charge in [0.2, 0.25) is 0 Å². The van der Waals surface area contributed by atoms with E-state index in [1.807, 2.05) is 27.7 Å². The molecule has 0 saturated carbocycles. The molecule has 5 nitrogen and oxygen atoms in total. The first-order chi connectivity index (χ1) is 8.77. The highest BCUT2D eigenvalue weighted by atomic mass is 16.3. The Morgan fingerprint density at radius 1 is 1.21 bits per heavy atom. The minimum Gasteiger partial charge on any atom is -0.391 e. The third-order valence-corrected chi connectivity index (χ3v) is 3.29. The highest BCUT2D eigenvalue weighted by Crippen LogP contribution is 2.24. The van der Waals surface area contributed by atoms with E-state index in [2.05, 4.69) is 27.5 Å². The summed E-state index contributed by atoms with van der Waals surface area (Å²) in [5, 5.41) is 16.4. The lowest BCUT2D eigenvalue weighted by molar-refractivity contribution is 0.133. The fourth-order valence-electron chi connectivity index (χ4n) is 1.58. The van der Waals surface area contributed by atoms with Crippen LogP contribution in [-0.4, -0.2) is 33.3 Å². The zero-order chi connectivity index (χ0) is 14.6. The lowest BCUT2D eigenvalue weighted by Gasteiger charge is -2.31. The maximum atomic E-state index is 9.79. The van der Waals surface area contributed by atoms with Crippen LogP contribution in [0.1, 0.15) is 45.5 Å². The molecule has 0 spiro atoms. The molecule has 1 unspecified atom stereocenters. The fraction of sp³-hybridized carbons (Fsp3) is 0.714. The van der Waals surface area contributed by atoms with Crippen molar-refractivity contribution >= 4 is 11.6 Å². The number of hydrogen-bond acceptors (Lipinski definition) is 5. The number of anilines is 2. The molecule has 1 heterocycles. The molecule has 5 heteroatoms. The SMILES string of the molecule is CCCNc1nc(C)nc(NC(C)(C)C(C)O)c1C. The van der Waals surface area contributed by atoms with Crippen LogP contribution in [0, 0.1) is 13.8 Å². The van der Waals surface area contributed by atoms with Gasteiger partial charge in [-0.2, -0.15) is 0 Å². The number of aliphatic hydroxyl groups excluding tert-OH is 1. The molecule has 108 valence electrons. The van der Waals surface area contributed by atoms with E-state index in [1.165, 1.54) is 0 Å². The summed E-state index contributed by atoms with van der Waals surface area (Å²) in [4.78, 5) is 8.86. The van der Waals surface area contributed by atoms with Crippen molar-refractivity contribution in [1.29, 1.82) is 0 Å². The molecule has 1 rings (SSSR count). The summed E-state index contributed by atoms with van der Waals surface area (Å²) in [7, 11) is 0. The summed E-state index contributed by atoms with van der Waals surface area (Å²) in [6, 6.07) is 0. The molecule has 0 aliphatic carbocycles. The van der Waals surface area contributed by atoms with Crippen LogP contribution >= 0.6 is 0 Å². The van der Waals surface area contributed by atoms with Gasteiger partial charge in [0.15, 0.2) is 0 Å². The molecular formula is C14H26N4O. The molecule has 0 aliphatic rings. The van der Waals surface area contributed by atoms with Crippen LogP contribution < -0.4 is 10.6 Å². The zero-order valence-corrected chi connectivity index (χ0v) is 12.8. The first-order valence-corrected chi connectivity index (χ1v) is 6.83. The van der Waals surface area contributed by atoms with Gasteiger partial charge in [0.1, 0.15) is 17.5 Å². The Hall–Kier alpha value is -1.36. The van der Waals surface area contributed by atoms with Crippen molar-refractivity contribution in [2.45, 2.75) is 59.6 Å². The minimum atomic E-state index is -0.478. The second kappa shape index (κ2) is 6.19. The normalized spacial score (nSPS) is 13.2. The van der Waals surface area contributed by atoms with E-state index in [9.17, 15) is 5.11 Å². The summed E-state index contributed by atoms with van der Waals surface area (Å²) in [5.41, 5.74) is 0.542. The highest BCUT2D eigenvalue weighted by Gasteiger charge is 2.25. The van der Waals surface area contributed by atoms with Gasteiger partial charge in [0.25, 0.3) is 0 Å². The summed E-state index contributed by atoms with van der Waals surface area (Å²) >= 11 is 0. The molecule has 0 fully saturated rings. The van der Waals surface area contributed by atoms with Gasteiger partial charge in [0, 0.05) is 12.1 Å². The fourth-order valence-corrected chi connectivity index (χ4v) is 1.58. The molecule has 1 aromatic heterocycles. The van der Waals surface area contributed by atoms with Gasteiger partial charge in [-0.1, -0.05) is 6.92 Å². The molecule has 0 amide bonds. The van der Waals surface area contributed by atoms with Crippen LogP contribution in [0.4, 0.5) is 11.6 Å². The van der Waals surface area contributed by atoms with Crippen LogP contribution in [0.15, 0.2) is 0 Å². The van der Waals surface area contributed by atoms with Gasteiger partial charge in [-0.3, -0.25) is 0 Å². The maximum Gasteiger partial charge on any atom is 0.135 e. The number of aryl methyl sites for hydroxylation is 1. The maximum absolute atomic E-state index is 9.79. The number of aromatic nitrogens is 2. The van der Waals surface area contributed by atoms with Crippen molar-refractivity contribution < 1.29 is 5.11 Å². The first-order valence-electron chi connectivity index (χ1n) is 6.83. The van der Waals surface area contributed by atoms with E-state index in [4.69, 9.17) is 0 Å². The van der Waals surface area contributed by atoms with Gasteiger partial charge in [-0.25, -0.2) is 9.97 Å². The van der Waals surface area contributed by atoms with Crippen LogP contribution in [0.3, 0.4) is 0 Å². The van der Waals surface area contributed by atoms with Gasteiger partial charge in [-0.05, 0) is 41.0 Å². The van der Waals surface area contributed by atoms with Gasteiger partial charge < -0.3 is 15.7 Å². The average Bonchev–Trinajstić information content (AvgIpc) is 2.31. The topological polar surface area (TPSA) is 70.1 Å². The Labute approximate surface area is 115 Å². The molecule has 0 bridgehead atoms. The third kappa shape index (κ3) is 4.06. The van der Waals surface area contributed by atoms with Crippen molar-refractivity contribution in [2.24, 2.45) is 0 Å². The molecule has 19 heavy (non-hydrogen) atoms. The van der Waals surface area contributed by atoms with Crippen LogP contribution in [-0.2, 0) is 0 Å². The quantitative estimate of drug-likeness (QED) is 0.738. The molecular weight excluding hydrogens is 240 g/mol. The average molecular weight is 266 g/mol. The van der Waals surface area contributed by atoms with Crippen molar-refractivity contribution in [1.82, 2.24) is 9.97 Å². The second-order valence-electron chi connectivity index (χ2n) is 5.54. The number of nitrogens with zero attached hydrogens (tertiary/aromatic N) is 2. The van der Waals surface area contributed by atoms with Gasteiger partial charge >= 0.3 is 0 Å². The Kier molecular flexibility index (Phi) is 5.11. The summed E-state index contributed by atoms with van der Waals surface area (Å²) in [6.07, 6.45) is 0.568.